The first-order valence-corrected chi connectivity index (χ1v) is 7.14. The summed E-state index contributed by atoms with van der Waals surface area (Å²) in [6.07, 6.45) is 2.01. The summed E-state index contributed by atoms with van der Waals surface area (Å²) < 4.78 is 5.99. The molecule has 3 atom stereocenters. The van der Waals surface area contributed by atoms with Crippen molar-refractivity contribution in [2.75, 3.05) is 6.61 Å². The molecule has 1 heterocycles. The molecule has 2 fully saturated rings. The summed E-state index contributed by atoms with van der Waals surface area (Å²) in [5.74, 6) is 0.154. The lowest BCUT2D eigenvalue weighted by molar-refractivity contribution is -0.144. The Hall–Kier alpha value is -1.20. The van der Waals surface area contributed by atoms with Crippen LogP contribution < -0.4 is 5.32 Å². The van der Waals surface area contributed by atoms with E-state index in [1.165, 1.54) is 6.42 Å². The number of esters is 1. The second-order valence-corrected chi connectivity index (χ2v) is 6.01. The maximum absolute atomic E-state index is 11.8. The van der Waals surface area contributed by atoms with Crippen molar-refractivity contribution >= 4 is 27.7 Å². The number of nitrogens with one attached hydrogen (secondary N) is 1. The summed E-state index contributed by atoms with van der Waals surface area (Å²) in [4.78, 5) is 23.6. The SMILES string of the molecule is O=C(COC(=O)C1CC2CC2N1)c1ccc(Br)cc1. The van der Waals surface area contributed by atoms with E-state index in [2.05, 4.69) is 21.2 Å². The molecule has 1 aromatic carbocycles. The molecule has 0 spiro atoms. The Balaban J connectivity index is 1.50. The minimum Gasteiger partial charge on any atom is -0.456 e. The molecular formula is C14H14BrNO3. The molecule has 5 heteroatoms. The second kappa shape index (κ2) is 5.06. The van der Waals surface area contributed by atoms with Gasteiger partial charge in [0.2, 0.25) is 0 Å². The molecule has 0 amide bonds. The summed E-state index contributed by atoms with van der Waals surface area (Å²) in [5.41, 5.74) is 0.554. The van der Waals surface area contributed by atoms with Gasteiger partial charge in [0.05, 0.1) is 0 Å². The fourth-order valence-corrected chi connectivity index (χ4v) is 2.73. The van der Waals surface area contributed by atoms with E-state index in [0.717, 1.165) is 10.9 Å². The van der Waals surface area contributed by atoms with Crippen molar-refractivity contribution in [2.45, 2.75) is 24.9 Å². The number of benzene rings is 1. The van der Waals surface area contributed by atoms with E-state index < -0.39 is 0 Å². The fraction of sp³-hybridized carbons (Fsp3) is 0.429. The molecule has 1 aliphatic carbocycles. The molecule has 0 aromatic heterocycles. The maximum Gasteiger partial charge on any atom is 0.323 e. The average Bonchev–Trinajstić information content (AvgIpc) is 3.03. The van der Waals surface area contributed by atoms with Crippen LogP contribution >= 0.6 is 15.9 Å². The number of rotatable bonds is 4. The summed E-state index contributed by atoms with van der Waals surface area (Å²) in [7, 11) is 0. The van der Waals surface area contributed by atoms with Gasteiger partial charge in [-0.2, -0.15) is 0 Å². The minimum atomic E-state index is -0.308. The smallest absolute Gasteiger partial charge is 0.323 e. The zero-order chi connectivity index (χ0) is 13.4. The van der Waals surface area contributed by atoms with E-state index >= 15 is 0 Å². The molecule has 1 N–H and O–H groups in total. The molecule has 1 aliphatic heterocycles. The molecule has 0 bridgehead atoms. The van der Waals surface area contributed by atoms with Crippen molar-refractivity contribution in [1.29, 1.82) is 0 Å². The van der Waals surface area contributed by atoms with Crippen LogP contribution in [0.25, 0.3) is 0 Å². The number of fused-ring (bicyclic) bond motifs is 1. The van der Waals surface area contributed by atoms with Crippen molar-refractivity contribution in [3.63, 3.8) is 0 Å². The number of ketones is 1. The Kier molecular flexibility index (Phi) is 3.41. The van der Waals surface area contributed by atoms with Crippen LogP contribution in [0.15, 0.2) is 28.7 Å². The monoisotopic (exact) mass is 323 g/mol. The molecule has 3 unspecified atom stereocenters. The van der Waals surface area contributed by atoms with E-state index in [0.29, 0.717) is 17.5 Å². The highest BCUT2D eigenvalue weighted by molar-refractivity contribution is 9.10. The van der Waals surface area contributed by atoms with Crippen LogP contribution in [0.1, 0.15) is 23.2 Å². The third-order valence-electron chi connectivity index (χ3n) is 3.67. The van der Waals surface area contributed by atoms with Crippen LogP contribution in [-0.2, 0) is 9.53 Å². The highest BCUT2D eigenvalue weighted by Gasteiger charge is 2.48. The average molecular weight is 324 g/mol. The van der Waals surface area contributed by atoms with Crippen LogP contribution in [0.4, 0.5) is 0 Å². The van der Waals surface area contributed by atoms with E-state index in [9.17, 15) is 9.59 Å². The normalized spacial score (nSPS) is 27.7. The van der Waals surface area contributed by atoms with Gasteiger partial charge in [-0.3, -0.25) is 9.59 Å². The second-order valence-electron chi connectivity index (χ2n) is 5.10. The predicted molar refractivity (Wildman–Crippen MR) is 72.9 cm³/mol. The third-order valence-corrected chi connectivity index (χ3v) is 4.20. The lowest BCUT2D eigenvalue weighted by Gasteiger charge is -2.12. The number of carbonyl (C=O) groups is 2. The molecule has 1 saturated heterocycles. The first-order chi connectivity index (χ1) is 9.13. The zero-order valence-corrected chi connectivity index (χ0v) is 11.9. The van der Waals surface area contributed by atoms with Gasteiger partial charge in [-0.1, -0.05) is 28.1 Å². The third kappa shape index (κ3) is 2.87. The number of halogens is 1. The van der Waals surface area contributed by atoms with Crippen molar-refractivity contribution in [3.05, 3.63) is 34.3 Å². The Morgan fingerprint density at radius 1 is 1.26 bits per heavy atom. The summed E-state index contributed by atoms with van der Waals surface area (Å²) in [6, 6.07) is 7.29. The highest BCUT2D eigenvalue weighted by atomic mass is 79.9. The number of carbonyl (C=O) groups excluding carboxylic acids is 2. The number of hydrogen-bond donors (Lipinski definition) is 1. The molecule has 100 valence electrons. The van der Waals surface area contributed by atoms with Gasteiger partial charge in [-0.15, -0.1) is 0 Å². The first-order valence-electron chi connectivity index (χ1n) is 6.35. The van der Waals surface area contributed by atoms with Gasteiger partial charge in [0, 0.05) is 16.1 Å². The van der Waals surface area contributed by atoms with Crippen LogP contribution in [-0.4, -0.2) is 30.4 Å². The van der Waals surface area contributed by atoms with Crippen LogP contribution in [0.2, 0.25) is 0 Å². The standard InChI is InChI=1S/C14H14BrNO3/c15-10-3-1-8(2-4-10)13(17)7-19-14(18)12-6-9-5-11(9)16-12/h1-4,9,11-12,16H,5-7H2. The van der Waals surface area contributed by atoms with Gasteiger partial charge >= 0.3 is 5.97 Å². The van der Waals surface area contributed by atoms with E-state index in [1.807, 2.05) is 0 Å². The molecule has 2 aliphatic rings. The first kappa shape index (κ1) is 12.8. The summed E-state index contributed by atoms with van der Waals surface area (Å²) in [6.45, 7) is -0.187. The largest absolute Gasteiger partial charge is 0.456 e. The van der Waals surface area contributed by atoms with Crippen LogP contribution in [0, 0.1) is 5.92 Å². The summed E-state index contributed by atoms with van der Waals surface area (Å²) >= 11 is 3.31. The fourth-order valence-electron chi connectivity index (χ4n) is 2.46. The zero-order valence-electron chi connectivity index (χ0n) is 10.3. The Morgan fingerprint density at radius 3 is 2.63 bits per heavy atom. The van der Waals surface area contributed by atoms with E-state index in [4.69, 9.17) is 4.74 Å². The lowest BCUT2D eigenvalue weighted by Crippen LogP contribution is -2.36. The molecule has 0 radical (unpaired) electrons. The molecule has 1 aromatic rings. The molecule has 3 rings (SSSR count). The van der Waals surface area contributed by atoms with Crippen molar-refractivity contribution in [1.82, 2.24) is 5.32 Å². The van der Waals surface area contributed by atoms with Gasteiger partial charge < -0.3 is 10.1 Å². The van der Waals surface area contributed by atoms with Crippen LogP contribution in [0.3, 0.4) is 0 Å². The molecular weight excluding hydrogens is 310 g/mol. The molecule has 1 saturated carbocycles. The summed E-state index contributed by atoms with van der Waals surface area (Å²) in [5, 5.41) is 3.21. The Labute approximate surface area is 119 Å². The van der Waals surface area contributed by atoms with Crippen molar-refractivity contribution in [3.8, 4) is 0 Å². The number of piperidine rings is 1. The quantitative estimate of drug-likeness (QED) is 0.679. The van der Waals surface area contributed by atoms with Gasteiger partial charge in [0.1, 0.15) is 6.04 Å². The number of hydrogen-bond acceptors (Lipinski definition) is 4. The molecule has 19 heavy (non-hydrogen) atoms. The Morgan fingerprint density at radius 2 is 2.00 bits per heavy atom. The topological polar surface area (TPSA) is 55.4 Å². The van der Waals surface area contributed by atoms with Gasteiger partial charge in [-0.05, 0) is 30.9 Å². The maximum atomic E-state index is 11.8. The van der Waals surface area contributed by atoms with Crippen LogP contribution in [0.5, 0.6) is 0 Å². The van der Waals surface area contributed by atoms with Gasteiger partial charge in [0.15, 0.2) is 12.4 Å². The number of ether oxygens (including phenoxy) is 1. The molecule has 4 nitrogen and oxygen atoms in total. The van der Waals surface area contributed by atoms with Crippen molar-refractivity contribution < 1.29 is 14.3 Å². The highest BCUT2D eigenvalue weighted by Crippen LogP contribution is 2.40. The van der Waals surface area contributed by atoms with Gasteiger partial charge in [0.25, 0.3) is 0 Å². The van der Waals surface area contributed by atoms with E-state index in [1.54, 1.807) is 24.3 Å². The van der Waals surface area contributed by atoms with Gasteiger partial charge in [-0.25, -0.2) is 0 Å². The predicted octanol–water partition coefficient (Wildman–Crippen LogP) is 1.93. The van der Waals surface area contributed by atoms with E-state index in [-0.39, 0.29) is 24.4 Å². The lowest BCUT2D eigenvalue weighted by atomic mass is 10.1. The minimum absolute atomic E-state index is 0.177. The number of Topliss-reactive ketones (excluding diaryl/α,β-unsaturated/α-hetero) is 1. The van der Waals surface area contributed by atoms with Crippen molar-refractivity contribution in [2.24, 2.45) is 5.92 Å². The Bertz CT molecular complexity index is 504.